The van der Waals surface area contributed by atoms with Crippen LogP contribution in [0.5, 0.6) is 0 Å². The van der Waals surface area contributed by atoms with Crippen molar-refractivity contribution >= 4 is 34.6 Å². The molecule has 8 heteroatoms. The Labute approximate surface area is 159 Å². The molecule has 0 aliphatic heterocycles. The average molecular weight is 390 g/mol. The van der Waals surface area contributed by atoms with Crippen LogP contribution in [0, 0.1) is 0 Å². The molecule has 0 aliphatic carbocycles. The van der Waals surface area contributed by atoms with Gasteiger partial charge in [-0.25, -0.2) is 4.79 Å². The average Bonchev–Trinajstić information content (AvgIpc) is 3.18. The maximum absolute atomic E-state index is 12.6. The summed E-state index contributed by atoms with van der Waals surface area (Å²) >= 11 is 7.90. The second-order valence-electron chi connectivity index (χ2n) is 5.35. The Kier molecular flexibility index (Phi) is 5.70. The molecule has 0 spiro atoms. The van der Waals surface area contributed by atoms with E-state index in [1.807, 2.05) is 17.5 Å². The number of thiophene rings is 1. The van der Waals surface area contributed by atoms with E-state index in [1.165, 1.54) is 18.2 Å². The van der Waals surface area contributed by atoms with Crippen LogP contribution in [0.25, 0.3) is 5.69 Å². The summed E-state index contributed by atoms with van der Waals surface area (Å²) in [6, 6.07) is 10.6. The first-order chi connectivity index (χ1) is 12.6. The minimum absolute atomic E-state index is 0.0193. The zero-order valence-electron chi connectivity index (χ0n) is 13.9. The number of aromatic nitrogens is 2. The van der Waals surface area contributed by atoms with Gasteiger partial charge >= 0.3 is 5.97 Å². The van der Waals surface area contributed by atoms with E-state index in [0.717, 1.165) is 11.1 Å². The molecule has 2 aromatic heterocycles. The van der Waals surface area contributed by atoms with E-state index in [-0.39, 0.29) is 10.6 Å². The molecule has 0 amide bonds. The van der Waals surface area contributed by atoms with E-state index in [2.05, 4.69) is 10.4 Å². The van der Waals surface area contributed by atoms with Crippen molar-refractivity contribution in [3.05, 3.63) is 73.8 Å². The molecule has 0 aliphatic rings. The van der Waals surface area contributed by atoms with Crippen molar-refractivity contribution in [1.29, 1.82) is 0 Å². The molecule has 0 bridgehead atoms. The van der Waals surface area contributed by atoms with E-state index < -0.39 is 11.5 Å². The third-order valence-electron chi connectivity index (χ3n) is 3.72. The summed E-state index contributed by atoms with van der Waals surface area (Å²) in [7, 11) is 1.28. The van der Waals surface area contributed by atoms with Crippen molar-refractivity contribution in [2.75, 3.05) is 19.0 Å². The summed E-state index contributed by atoms with van der Waals surface area (Å²) in [4.78, 5) is 25.8. The van der Waals surface area contributed by atoms with Gasteiger partial charge in [0.2, 0.25) is 0 Å². The van der Waals surface area contributed by atoms with Crippen molar-refractivity contribution in [3.63, 3.8) is 0 Å². The van der Waals surface area contributed by atoms with Crippen LogP contribution >= 0.6 is 22.9 Å². The highest BCUT2D eigenvalue weighted by atomic mass is 35.5. The number of benzene rings is 1. The molecular weight excluding hydrogens is 374 g/mol. The number of rotatable bonds is 6. The zero-order valence-corrected chi connectivity index (χ0v) is 15.5. The Hall–Kier alpha value is -2.64. The molecular formula is C18H16ClN3O3S. The normalized spacial score (nSPS) is 10.5. The van der Waals surface area contributed by atoms with E-state index >= 15 is 0 Å². The molecule has 1 N–H and O–H groups in total. The van der Waals surface area contributed by atoms with Gasteiger partial charge in [0.25, 0.3) is 5.56 Å². The number of anilines is 1. The van der Waals surface area contributed by atoms with Crippen LogP contribution in [-0.4, -0.2) is 29.4 Å². The molecule has 0 saturated carbocycles. The number of ether oxygens (including phenoxy) is 1. The predicted octanol–water partition coefficient (Wildman–Crippen LogP) is 3.39. The van der Waals surface area contributed by atoms with Gasteiger partial charge in [0.05, 0.1) is 30.2 Å². The minimum atomic E-state index is -0.552. The van der Waals surface area contributed by atoms with Gasteiger partial charge in [0.1, 0.15) is 5.02 Å². The summed E-state index contributed by atoms with van der Waals surface area (Å²) in [5, 5.41) is 9.32. The Morgan fingerprint density at radius 3 is 2.85 bits per heavy atom. The summed E-state index contributed by atoms with van der Waals surface area (Å²) in [5.74, 6) is -0.552. The molecule has 6 nitrogen and oxygen atoms in total. The molecule has 0 saturated heterocycles. The molecule has 0 radical (unpaired) electrons. The largest absolute Gasteiger partial charge is 0.465 e. The Balaban J connectivity index is 1.86. The first-order valence-corrected chi connectivity index (χ1v) is 9.09. The minimum Gasteiger partial charge on any atom is -0.465 e. The fourth-order valence-corrected chi connectivity index (χ4v) is 3.35. The van der Waals surface area contributed by atoms with Gasteiger partial charge in [-0.05, 0) is 30.0 Å². The molecule has 1 aromatic carbocycles. The number of nitrogens with one attached hydrogen (secondary N) is 1. The van der Waals surface area contributed by atoms with Crippen molar-refractivity contribution in [2.45, 2.75) is 6.42 Å². The molecule has 0 fully saturated rings. The maximum Gasteiger partial charge on any atom is 0.340 e. The van der Waals surface area contributed by atoms with Crippen LogP contribution in [0.1, 0.15) is 15.2 Å². The van der Waals surface area contributed by atoms with Gasteiger partial charge in [-0.2, -0.15) is 9.78 Å². The fraction of sp³-hybridized carbons (Fsp3) is 0.167. The molecule has 0 atom stereocenters. The quantitative estimate of drug-likeness (QED) is 0.654. The number of halogens is 1. The van der Waals surface area contributed by atoms with Gasteiger partial charge in [-0.3, -0.25) is 4.79 Å². The summed E-state index contributed by atoms with van der Waals surface area (Å²) in [6.45, 7) is 0.629. The van der Waals surface area contributed by atoms with Gasteiger partial charge in [0.15, 0.2) is 0 Å². The van der Waals surface area contributed by atoms with Crippen LogP contribution in [0.4, 0.5) is 5.69 Å². The van der Waals surface area contributed by atoms with Crippen LogP contribution in [0.2, 0.25) is 5.02 Å². The van der Waals surface area contributed by atoms with E-state index in [9.17, 15) is 9.59 Å². The second-order valence-corrected chi connectivity index (χ2v) is 6.76. The van der Waals surface area contributed by atoms with Crippen molar-refractivity contribution < 1.29 is 9.53 Å². The lowest BCUT2D eigenvalue weighted by Gasteiger charge is -2.12. The summed E-state index contributed by atoms with van der Waals surface area (Å²) < 4.78 is 5.85. The number of hydrogen-bond acceptors (Lipinski definition) is 6. The van der Waals surface area contributed by atoms with Crippen LogP contribution in [-0.2, 0) is 11.2 Å². The van der Waals surface area contributed by atoms with E-state index in [1.54, 1.807) is 35.6 Å². The van der Waals surface area contributed by atoms with Crippen LogP contribution in [0.3, 0.4) is 0 Å². The standard InChI is InChI=1S/C18H16ClN3O3S/c1-25-18(24)13-6-2-3-7-15(13)22-17(23)16(19)14(11-21-22)20-9-8-12-5-4-10-26-12/h2-7,10-11,20H,8-9H2,1H3. The molecule has 2 heterocycles. The molecule has 26 heavy (non-hydrogen) atoms. The fourth-order valence-electron chi connectivity index (χ4n) is 2.44. The second kappa shape index (κ2) is 8.16. The highest BCUT2D eigenvalue weighted by Gasteiger charge is 2.17. The highest BCUT2D eigenvalue weighted by molar-refractivity contribution is 7.09. The molecule has 3 rings (SSSR count). The SMILES string of the molecule is COC(=O)c1ccccc1-n1ncc(NCCc2cccs2)c(Cl)c1=O. The Bertz CT molecular complexity index is 970. The van der Waals surface area contributed by atoms with Gasteiger partial charge < -0.3 is 10.1 Å². The summed E-state index contributed by atoms with van der Waals surface area (Å²) in [5.41, 5.74) is 0.500. The Morgan fingerprint density at radius 2 is 2.12 bits per heavy atom. The van der Waals surface area contributed by atoms with Gasteiger partial charge in [0, 0.05) is 11.4 Å². The van der Waals surface area contributed by atoms with Gasteiger partial charge in [-0.15, -0.1) is 11.3 Å². The number of para-hydroxylation sites is 1. The zero-order chi connectivity index (χ0) is 18.5. The third-order valence-corrected chi connectivity index (χ3v) is 5.02. The van der Waals surface area contributed by atoms with Gasteiger partial charge in [-0.1, -0.05) is 29.8 Å². The first kappa shape index (κ1) is 18.2. The van der Waals surface area contributed by atoms with Crippen molar-refractivity contribution in [2.24, 2.45) is 0 Å². The van der Waals surface area contributed by atoms with Crippen LogP contribution in [0.15, 0.2) is 52.8 Å². The lowest BCUT2D eigenvalue weighted by Crippen LogP contribution is -2.25. The lowest BCUT2D eigenvalue weighted by atomic mass is 10.2. The van der Waals surface area contributed by atoms with Crippen molar-refractivity contribution in [1.82, 2.24) is 9.78 Å². The number of methoxy groups -OCH3 is 1. The molecule has 3 aromatic rings. The maximum atomic E-state index is 12.6. The topological polar surface area (TPSA) is 73.2 Å². The number of carbonyl (C=O) groups is 1. The predicted molar refractivity (Wildman–Crippen MR) is 103 cm³/mol. The highest BCUT2D eigenvalue weighted by Crippen LogP contribution is 2.19. The van der Waals surface area contributed by atoms with E-state index in [0.29, 0.717) is 17.9 Å². The first-order valence-electron chi connectivity index (χ1n) is 7.83. The Morgan fingerprint density at radius 1 is 1.31 bits per heavy atom. The third kappa shape index (κ3) is 3.79. The smallest absolute Gasteiger partial charge is 0.340 e. The molecule has 0 unspecified atom stereocenters. The number of hydrogen-bond donors (Lipinski definition) is 1. The lowest BCUT2D eigenvalue weighted by molar-refractivity contribution is 0.0600. The number of nitrogens with zero attached hydrogens (tertiary/aromatic N) is 2. The number of esters is 1. The number of carbonyl (C=O) groups excluding carboxylic acids is 1. The van der Waals surface area contributed by atoms with E-state index in [4.69, 9.17) is 16.3 Å². The monoisotopic (exact) mass is 389 g/mol. The molecule has 134 valence electrons. The van der Waals surface area contributed by atoms with Crippen molar-refractivity contribution in [3.8, 4) is 5.69 Å². The summed E-state index contributed by atoms with van der Waals surface area (Å²) in [6.07, 6.45) is 2.30. The van der Waals surface area contributed by atoms with Crippen LogP contribution < -0.4 is 10.9 Å².